The third kappa shape index (κ3) is 3.39. The summed E-state index contributed by atoms with van der Waals surface area (Å²) in [5.74, 6) is 0.904. The maximum absolute atomic E-state index is 11.7. The van der Waals surface area contributed by atoms with Crippen molar-refractivity contribution in [3.63, 3.8) is 0 Å². The zero-order chi connectivity index (χ0) is 19.0. The summed E-state index contributed by atoms with van der Waals surface area (Å²) in [6.45, 7) is 1.79. The van der Waals surface area contributed by atoms with Gasteiger partial charge >= 0.3 is 0 Å². The molecule has 0 bridgehead atoms. The van der Waals surface area contributed by atoms with E-state index in [9.17, 15) is 4.79 Å². The van der Waals surface area contributed by atoms with E-state index in [1.807, 2.05) is 0 Å². The minimum atomic E-state index is 0.226. The summed E-state index contributed by atoms with van der Waals surface area (Å²) >= 11 is 12.4. The highest BCUT2D eigenvalue weighted by Crippen LogP contribution is 2.47. The van der Waals surface area contributed by atoms with Crippen molar-refractivity contribution in [2.24, 2.45) is 5.41 Å². The number of nitrogens with zero attached hydrogens (tertiary/aromatic N) is 3. The van der Waals surface area contributed by atoms with Crippen LogP contribution in [0.3, 0.4) is 0 Å². The quantitative estimate of drug-likeness (QED) is 0.728. The Hall–Kier alpha value is -1.85. The van der Waals surface area contributed by atoms with Crippen LogP contribution < -0.4 is 10.6 Å². The van der Waals surface area contributed by atoms with Crippen molar-refractivity contribution in [3.8, 4) is 11.3 Å². The molecule has 7 heteroatoms. The molecule has 0 radical (unpaired) electrons. The van der Waals surface area contributed by atoms with Crippen LogP contribution >= 0.6 is 23.2 Å². The first-order valence-corrected chi connectivity index (χ1v) is 10.1. The third-order valence-corrected chi connectivity index (χ3v) is 6.86. The lowest BCUT2D eigenvalue weighted by Gasteiger charge is -2.40. The zero-order valence-corrected chi connectivity index (χ0v) is 16.6. The number of aromatic nitrogens is 2. The number of anilines is 2. The molecule has 1 saturated carbocycles. The van der Waals surface area contributed by atoms with Crippen molar-refractivity contribution >= 4 is 41.1 Å². The van der Waals surface area contributed by atoms with Gasteiger partial charge in [0.2, 0.25) is 0 Å². The number of rotatable bonds is 3. The monoisotopic (exact) mass is 404 g/mol. The molecule has 27 heavy (non-hydrogen) atoms. The maximum atomic E-state index is 11.7. The molecule has 1 aliphatic heterocycles. The number of carbonyl (C=O) groups is 1. The van der Waals surface area contributed by atoms with E-state index < -0.39 is 0 Å². The van der Waals surface area contributed by atoms with Crippen LogP contribution in [0.1, 0.15) is 49.0 Å². The summed E-state index contributed by atoms with van der Waals surface area (Å²) in [4.78, 5) is 22.9. The van der Waals surface area contributed by atoms with Gasteiger partial charge in [-0.1, -0.05) is 48.2 Å². The number of carbonyl (C=O) groups excluding carboxylic acids is 1. The number of hydrogen-bond acceptors (Lipinski definition) is 5. The fourth-order valence-electron chi connectivity index (χ4n) is 4.47. The second-order valence-electron chi connectivity index (χ2n) is 7.58. The Bertz CT molecular complexity index is 871. The van der Waals surface area contributed by atoms with Crippen LogP contribution in [0, 0.1) is 5.41 Å². The largest absolute Gasteiger partial charge is 0.381 e. The lowest BCUT2D eigenvalue weighted by Crippen LogP contribution is -2.39. The molecule has 1 spiro atoms. The van der Waals surface area contributed by atoms with Gasteiger partial charge in [-0.3, -0.25) is 4.79 Å². The second kappa shape index (κ2) is 7.28. The predicted molar refractivity (Wildman–Crippen MR) is 110 cm³/mol. The van der Waals surface area contributed by atoms with E-state index in [2.05, 4.69) is 14.9 Å². The van der Waals surface area contributed by atoms with Crippen LogP contribution in [-0.2, 0) is 0 Å². The molecule has 1 aliphatic carbocycles. The van der Waals surface area contributed by atoms with Crippen molar-refractivity contribution in [2.45, 2.75) is 38.5 Å². The number of nitrogen functional groups attached to an aromatic ring is 1. The van der Waals surface area contributed by atoms with Crippen LogP contribution in [0.2, 0.25) is 10.0 Å². The molecule has 0 atom stereocenters. The fraction of sp³-hybridized carbons (Fsp3) is 0.450. The van der Waals surface area contributed by atoms with E-state index in [1.54, 1.807) is 18.2 Å². The standard InChI is InChI=1S/C20H22Cl2N4O/c21-14-5-3-4-13(16(14)22)17-15(12-27)24-19(18(23)25-17)26-10-8-20(9-11-26)6-1-2-7-20/h3-5,12H,1-2,6-11H2,(H2,23,25). The van der Waals surface area contributed by atoms with Crippen LogP contribution in [0.5, 0.6) is 0 Å². The molecular formula is C20H22Cl2N4O. The van der Waals surface area contributed by atoms with Gasteiger partial charge in [-0.05, 0) is 37.2 Å². The molecule has 2 aliphatic rings. The molecule has 1 saturated heterocycles. The number of benzene rings is 1. The van der Waals surface area contributed by atoms with Gasteiger partial charge in [0, 0.05) is 18.7 Å². The van der Waals surface area contributed by atoms with Gasteiger partial charge in [0.05, 0.1) is 10.0 Å². The molecule has 1 aromatic carbocycles. The van der Waals surface area contributed by atoms with Gasteiger partial charge in [-0.2, -0.15) is 0 Å². The molecule has 1 aromatic heterocycles. The average Bonchev–Trinajstić information content (AvgIpc) is 3.13. The summed E-state index contributed by atoms with van der Waals surface area (Å²) < 4.78 is 0. The minimum Gasteiger partial charge on any atom is -0.381 e. The van der Waals surface area contributed by atoms with Gasteiger partial charge in [-0.15, -0.1) is 0 Å². The lowest BCUT2D eigenvalue weighted by molar-refractivity contribution is 0.111. The molecule has 2 aromatic rings. The Kier molecular flexibility index (Phi) is 4.99. The molecule has 0 unspecified atom stereocenters. The van der Waals surface area contributed by atoms with Crippen molar-refractivity contribution in [1.29, 1.82) is 0 Å². The molecule has 4 rings (SSSR count). The molecular weight excluding hydrogens is 383 g/mol. The second-order valence-corrected chi connectivity index (χ2v) is 8.36. The Morgan fingerprint density at radius 3 is 2.44 bits per heavy atom. The number of hydrogen-bond donors (Lipinski definition) is 1. The molecule has 5 nitrogen and oxygen atoms in total. The van der Waals surface area contributed by atoms with Gasteiger partial charge < -0.3 is 10.6 Å². The van der Waals surface area contributed by atoms with Crippen molar-refractivity contribution in [1.82, 2.24) is 9.97 Å². The number of aldehydes is 1. The Balaban J connectivity index is 1.66. The summed E-state index contributed by atoms with van der Waals surface area (Å²) in [6.07, 6.45) is 8.32. The summed E-state index contributed by atoms with van der Waals surface area (Å²) in [7, 11) is 0. The number of piperidine rings is 1. The predicted octanol–water partition coefficient (Wildman–Crippen LogP) is 5.01. The third-order valence-electron chi connectivity index (χ3n) is 6.04. The highest BCUT2D eigenvalue weighted by Gasteiger charge is 2.37. The first-order chi connectivity index (χ1) is 13.0. The van der Waals surface area contributed by atoms with Crippen LogP contribution in [0.15, 0.2) is 18.2 Å². The molecule has 2 N–H and O–H groups in total. The summed E-state index contributed by atoms with van der Waals surface area (Å²) in [6, 6.07) is 5.20. The highest BCUT2D eigenvalue weighted by atomic mass is 35.5. The maximum Gasteiger partial charge on any atom is 0.172 e. The van der Waals surface area contributed by atoms with E-state index in [-0.39, 0.29) is 5.69 Å². The Labute approximate surface area is 168 Å². The van der Waals surface area contributed by atoms with Gasteiger partial charge in [0.1, 0.15) is 11.4 Å². The summed E-state index contributed by atoms with van der Waals surface area (Å²) in [5, 5.41) is 0.734. The Morgan fingerprint density at radius 1 is 1.07 bits per heavy atom. The molecule has 2 heterocycles. The molecule has 0 amide bonds. The van der Waals surface area contributed by atoms with Crippen LogP contribution in [-0.4, -0.2) is 29.3 Å². The van der Waals surface area contributed by atoms with E-state index in [0.717, 1.165) is 25.9 Å². The molecule has 2 fully saturated rings. The lowest BCUT2D eigenvalue weighted by atomic mass is 9.77. The van der Waals surface area contributed by atoms with Crippen LogP contribution in [0.25, 0.3) is 11.3 Å². The fourth-order valence-corrected chi connectivity index (χ4v) is 4.86. The van der Waals surface area contributed by atoms with Gasteiger partial charge in [-0.25, -0.2) is 9.97 Å². The first-order valence-electron chi connectivity index (χ1n) is 9.35. The topological polar surface area (TPSA) is 72.1 Å². The van der Waals surface area contributed by atoms with E-state index >= 15 is 0 Å². The SMILES string of the molecule is Nc1nc(-c2cccc(Cl)c2Cl)c(C=O)nc1N1CCC2(CCCC2)CC1. The van der Waals surface area contributed by atoms with Crippen LogP contribution in [0.4, 0.5) is 11.6 Å². The molecule has 142 valence electrons. The normalized spacial score (nSPS) is 18.8. The number of nitrogens with two attached hydrogens (primary N) is 1. The zero-order valence-electron chi connectivity index (χ0n) is 15.0. The smallest absolute Gasteiger partial charge is 0.172 e. The Morgan fingerprint density at radius 2 is 1.78 bits per heavy atom. The van der Waals surface area contributed by atoms with E-state index in [0.29, 0.717) is 44.6 Å². The van der Waals surface area contributed by atoms with E-state index in [1.165, 1.54) is 25.7 Å². The first kappa shape index (κ1) is 18.5. The highest BCUT2D eigenvalue weighted by molar-refractivity contribution is 6.43. The average molecular weight is 405 g/mol. The van der Waals surface area contributed by atoms with Crippen molar-refractivity contribution in [3.05, 3.63) is 33.9 Å². The number of halogens is 2. The van der Waals surface area contributed by atoms with Crippen molar-refractivity contribution in [2.75, 3.05) is 23.7 Å². The van der Waals surface area contributed by atoms with Gasteiger partial charge in [0.15, 0.2) is 17.9 Å². The van der Waals surface area contributed by atoms with E-state index in [4.69, 9.17) is 28.9 Å². The van der Waals surface area contributed by atoms with Crippen molar-refractivity contribution < 1.29 is 4.79 Å². The minimum absolute atomic E-state index is 0.226. The van der Waals surface area contributed by atoms with Gasteiger partial charge in [0.25, 0.3) is 0 Å². The summed E-state index contributed by atoms with van der Waals surface area (Å²) in [5.41, 5.74) is 7.89.